The Labute approximate surface area is 470 Å². The highest BCUT2D eigenvalue weighted by molar-refractivity contribution is 7.50. The topological polar surface area (TPSA) is 89.5 Å². The lowest BCUT2D eigenvalue weighted by molar-refractivity contribution is 0.291. The van der Waals surface area contributed by atoms with Gasteiger partial charge in [-0.1, -0.05) is 239 Å². The Morgan fingerprint density at radius 1 is 0.244 bits per heavy atom. The molecule has 0 aliphatic rings. The molecule has 6 aromatic carbocycles. The number of hydrogen-bond acceptors (Lipinski definition) is 8. The van der Waals surface area contributed by atoms with Crippen molar-refractivity contribution in [1.29, 1.82) is 0 Å². The predicted molar refractivity (Wildman–Crippen MR) is 326 cm³/mol. The van der Waals surface area contributed by atoms with Crippen molar-refractivity contribution in [2.24, 2.45) is 0 Å². The van der Waals surface area contributed by atoms with E-state index in [1.807, 2.05) is 72.8 Å². The van der Waals surface area contributed by atoms with E-state index in [4.69, 9.17) is 27.1 Å². The summed E-state index contributed by atoms with van der Waals surface area (Å²) in [5.74, 6) is 2.26. The van der Waals surface area contributed by atoms with Gasteiger partial charge in [0.25, 0.3) is 0 Å². The smallest absolute Gasteiger partial charge is 0.386 e. The number of phosphoric acid groups is 2. The van der Waals surface area contributed by atoms with Crippen LogP contribution in [0, 0.1) is 0 Å². The molecule has 10 heteroatoms. The van der Waals surface area contributed by atoms with Gasteiger partial charge in [-0.2, -0.15) is 9.13 Å². The molecule has 0 aromatic heterocycles. The summed E-state index contributed by atoms with van der Waals surface area (Å²) in [7, 11) is -8.93. The molecule has 0 radical (unpaired) electrons. The molecule has 0 bridgehead atoms. The average Bonchev–Trinajstić information content (AvgIpc) is 3.28. The monoisotopic (exact) mass is 1100 g/mol. The van der Waals surface area contributed by atoms with Crippen LogP contribution in [0.25, 0.3) is 11.1 Å². The van der Waals surface area contributed by atoms with E-state index in [2.05, 4.69) is 190 Å². The summed E-state index contributed by atoms with van der Waals surface area (Å²) < 4.78 is 70.2. The molecule has 8 nitrogen and oxygen atoms in total. The van der Waals surface area contributed by atoms with Crippen molar-refractivity contribution in [3.63, 3.8) is 0 Å². The third-order valence-electron chi connectivity index (χ3n) is 13.9. The zero-order valence-corrected chi connectivity index (χ0v) is 53.5. The molecule has 0 heterocycles. The Kier molecular flexibility index (Phi) is 17.1. The Bertz CT molecular complexity index is 2800. The molecule has 0 unspecified atom stereocenters. The van der Waals surface area contributed by atoms with Gasteiger partial charge in [0.2, 0.25) is 0 Å². The highest BCUT2D eigenvalue weighted by atomic mass is 31.2. The van der Waals surface area contributed by atoms with Crippen molar-refractivity contribution < 1.29 is 36.3 Å². The fraction of sp³-hybridized carbons (Fsp3) is 0.471. The summed E-state index contributed by atoms with van der Waals surface area (Å²) in [6, 6.07) is 38.6. The first kappa shape index (κ1) is 61.8. The molecule has 6 aromatic rings. The van der Waals surface area contributed by atoms with E-state index in [-0.39, 0.29) is 43.3 Å². The van der Waals surface area contributed by atoms with Gasteiger partial charge in [-0.05, 0) is 125 Å². The molecule has 422 valence electrons. The minimum absolute atomic E-state index is 0.128. The van der Waals surface area contributed by atoms with Gasteiger partial charge in [0.15, 0.2) is 0 Å². The van der Waals surface area contributed by atoms with Crippen LogP contribution in [-0.4, -0.2) is 0 Å². The lowest BCUT2D eigenvalue weighted by atomic mass is 9.80. The molecule has 78 heavy (non-hydrogen) atoms. The zero-order valence-electron chi connectivity index (χ0n) is 51.7. The van der Waals surface area contributed by atoms with E-state index in [0.717, 1.165) is 55.6 Å². The minimum atomic E-state index is -4.47. The minimum Gasteiger partial charge on any atom is -0.386 e. The van der Waals surface area contributed by atoms with E-state index < -0.39 is 15.6 Å². The second-order valence-electron chi connectivity index (χ2n) is 29.3. The van der Waals surface area contributed by atoms with Crippen molar-refractivity contribution in [1.82, 2.24) is 0 Å². The van der Waals surface area contributed by atoms with Gasteiger partial charge >= 0.3 is 15.6 Å². The number of rotatable bonds is 13. The Balaban J connectivity index is 1.37. The summed E-state index contributed by atoms with van der Waals surface area (Å²) in [5.41, 5.74) is 7.74. The second-order valence-corrected chi connectivity index (χ2v) is 32.2. The van der Waals surface area contributed by atoms with Crippen LogP contribution in [0.3, 0.4) is 0 Å². The SMILES string of the molecule is CC(C)(C)c1ccc(OP(=O)(Oc2ccc(-c3ccc(OP(=O)(Oc4ccc(C(C)(C)C)cc4C(C)(C)C)Oc4ccc(C(C)(C)C)cc4C(C)(C)C)cc3)cc2)Oc2ccc(C(C)(C)C)cc2C(C)(C)C)c(C(C)(C)C)c1. The summed E-state index contributed by atoms with van der Waals surface area (Å²) >= 11 is 0. The maximum atomic E-state index is 15.5. The van der Waals surface area contributed by atoms with Crippen molar-refractivity contribution >= 4 is 15.6 Å². The first-order valence-electron chi connectivity index (χ1n) is 27.5. The van der Waals surface area contributed by atoms with Crippen LogP contribution in [-0.2, 0) is 52.5 Å². The average molecular weight is 1100 g/mol. The molecule has 0 amide bonds. The van der Waals surface area contributed by atoms with Gasteiger partial charge in [0.05, 0.1) is 0 Å². The fourth-order valence-corrected chi connectivity index (χ4v) is 11.5. The quantitative estimate of drug-likeness (QED) is 0.106. The molecule has 6 rings (SSSR count). The third kappa shape index (κ3) is 15.5. The summed E-state index contributed by atoms with van der Waals surface area (Å²) in [4.78, 5) is 0. The summed E-state index contributed by atoms with van der Waals surface area (Å²) in [6.07, 6.45) is 0. The standard InChI is InChI=1S/C68H92O8P2/c1-61(2,3)47-29-37-57(53(41-47)65(13,14)15)73-77(69,74-58-38-30-48(62(4,5)6)42-54(58)66(16,17)18)71-51-33-25-45(26-34-51)46-27-35-52(36-28-46)72-78(70,75-59-39-31-49(63(7,8)9)43-55(59)67(19,20)21)76-60-40-32-50(64(10,11)12)44-56(60)68(22,23)24/h25-44H,1-24H3. The maximum absolute atomic E-state index is 15.5. The van der Waals surface area contributed by atoms with Crippen molar-refractivity contribution in [3.05, 3.63) is 166 Å². The van der Waals surface area contributed by atoms with Gasteiger partial charge in [-0.3, -0.25) is 0 Å². The molecule has 0 aliphatic carbocycles. The van der Waals surface area contributed by atoms with Gasteiger partial charge in [-0.25, -0.2) is 0 Å². The van der Waals surface area contributed by atoms with Crippen molar-refractivity contribution in [3.8, 4) is 45.6 Å². The molecule has 0 spiro atoms. The van der Waals surface area contributed by atoms with Gasteiger partial charge in [0.1, 0.15) is 34.5 Å². The third-order valence-corrected chi connectivity index (χ3v) is 16.5. The highest BCUT2D eigenvalue weighted by Crippen LogP contribution is 2.56. The molecular formula is C68H92O8P2. The molecule has 0 fully saturated rings. The molecule has 0 saturated heterocycles. The lowest BCUT2D eigenvalue weighted by Gasteiger charge is -2.30. The van der Waals surface area contributed by atoms with Crippen LogP contribution in [0.1, 0.15) is 211 Å². The Morgan fingerprint density at radius 2 is 0.436 bits per heavy atom. The first-order chi connectivity index (χ1) is 35.3. The van der Waals surface area contributed by atoms with Gasteiger partial charge < -0.3 is 27.1 Å². The Hall–Kier alpha value is -5.42. The van der Waals surface area contributed by atoms with Crippen LogP contribution in [0.4, 0.5) is 0 Å². The molecule has 0 atom stereocenters. The zero-order chi connectivity index (χ0) is 58.6. The van der Waals surface area contributed by atoms with E-state index in [1.54, 1.807) is 24.3 Å². The van der Waals surface area contributed by atoms with Crippen LogP contribution in [0.15, 0.2) is 121 Å². The van der Waals surface area contributed by atoms with E-state index in [9.17, 15) is 0 Å². The maximum Gasteiger partial charge on any atom is 0.647 e. The lowest BCUT2D eigenvalue weighted by Crippen LogP contribution is -2.20. The summed E-state index contributed by atoms with van der Waals surface area (Å²) in [5, 5.41) is 0. The predicted octanol–water partition coefficient (Wildman–Crippen LogP) is 21.0. The largest absolute Gasteiger partial charge is 0.647 e. The van der Waals surface area contributed by atoms with Gasteiger partial charge in [-0.15, -0.1) is 0 Å². The normalized spacial score (nSPS) is 13.5. The first-order valence-corrected chi connectivity index (χ1v) is 30.5. The second kappa shape index (κ2) is 21.6. The Morgan fingerprint density at radius 3 is 0.603 bits per heavy atom. The fourth-order valence-electron chi connectivity index (χ4n) is 8.92. The number of benzene rings is 6. The molecule has 0 N–H and O–H groups in total. The molecular weight excluding hydrogens is 1010 g/mol. The van der Waals surface area contributed by atoms with Crippen LogP contribution < -0.4 is 27.1 Å². The van der Waals surface area contributed by atoms with E-state index >= 15 is 9.13 Å². The summed E-state index contributed by atoms with van der Waals surface area (Å²) in [6.45, 7) is 51.4. The number of phosphoric ester groups is 2. The molecule has 0 saturated carbocycles. The van der Waals surface area contributed by atoms with Crippen LogP contribution in [0.2, 0.25) is 0 Å². The van der Waals surface area contributed by atoms with E-state index in [1.165, 1.54) is 0 Å². The van der Waals surface area contributed by atoms with E-state index in [0.29, 0.717) is 34.5 Å². The van der Waals surface area contributed by atoms with Gasteiger partial charge in [0, 0.05) is 22.3 Å². The van der Waals surface area contributed by atoms with Crippen molar-refractivity contribution in [2.45, 2.75) is 209 Å². The van der Waals surface area contributed by atoms with Crippen LogP contribution in [0.5, 0.6) is 34.5 Å². The molecule has 0 aliphatic heterocycles. The van der Waals surface area contributed by atoms with Crippen LogP contribution >= 0.6 is 15.6 Å². The van der Waals surface area contributed by atoms with Crippen molar-refractivity contribution in [2.75, 3.05) is 0 Å². The highest BCUT2D eigenvalue weighted by Gasteiger charge is 2.40. The number of hydrogen-bond donors (Lipinski definition) is 0.